The van der Waals surface area contributed by atoms with Crippen molar-refractivity contribution >= 4 is 51.2 Å². The molecule has 0 bridgehead atoms. The van der Waals surface area contributed by atoms with Crippen molar-refractivity contribution in [3.8, 4) is 11.5 Å². The summed E-state index contributed by atoms with van der Waals surface area (Å²) < 4.78 is 25.5. The number of nitro benzene ring substituents is 1. The molecule has 11 nitrogen and oxygen atoms in total. The smallest absolute Gasteiger partial charge is 0.329 e. The van der Waals surface area contributed by atoms with Crippen LogP contribution in [0.5, 0.6) is 11.5 Å². The van der Waals surface area contributed by atoms with E-state index in [4.69, 9.17) is 9.47 Å². The quantitative estimate of drug-likeness (QED) is 0.158. The van der Waals surface area contributed by atoms with Gasteiger partial charge in [0, 0.05) is 16.6 Å². The van der Waals surface area contributed by atoms with Crippen molar-refractivity contribution in [3.05, 3.63) is 97.9 Å². The molecule has 1 aliphatic heterocycles. The Hall–Kier alpha value is -4.78. The van der Waals surface area contributed by atoms with Crippen LogP contribution in [0.3, 0.4) is 0 Å². The zero-order valence-electron chi connectivity index (χ0n) is 20.3. The third kappa shape index (κ3) is 6.38. The fourth-order valence-corrected chi connectivity index (χ4v) is 4.01. The summed E-state index contributed by atoms with van der Waals surface area (Å²) in [6.07, 6.45) is 1.40. The summed E-state index contributed by atoms with van der Waals surface area (Å²) >= 11 is 3.41. The van der Waals surface area contributed by atoms with Gasteiger partial charge in [0.15, 0.2) is 11.5 Å². The third-order valence-corrected chi connectivity index (χ3v) is 6.22. The fourth-order valence-electron chi connectivity index (χ4n) is 3.58. The molecule has 0 aromatic heterocycles. The minimum atomic E-state index is -0.805. The Kier molecular flexibility index (Phi) is 8.20. The van der Waals surface area contributed by atoms with E-state index in [-0.39, 0.29) is 23.7 Å². The van der Waals surface area contributed by atoms with Crippen LogP contribution >= 0.6 is 15.9 Å². The highest BCUT2D eigenvalue weighted by Gasteiger charge is 2.35. The van der Waals surface area contributed by atoms with E-state index >= 15 is 0 Å². The molecule has 2 N–H and O–H groups in total. The number of carbonyl (C=O) groups is 3. The first-order valence-electron chi connectivity index (χ1n) is 11.3. The van der Waals surface area contributed by atoms with Crippen molar-refractivity contribution in [3.63, 3.8) is 0 Å². The molecule has 1 aliphatic rings. The molecule has 0 unspecified atom stereocenters. The van der Waals surface area contributed by atoms with Gasteiger partial charge < -0.3 is 20.1 Å². The highest BCUT2D eigenvalue weighted by molar-refractivity contribution is 9.10. The summed E-state index contributed by atoms with van der Waals surface area (Å²) in [7, 11) is 1.43. The molecular formula is C26H20BrFN4O7. The standard InChI is InChI=1S/C26H20BrFN4O7/c1-38-22-11-16(18(27)12-23(22)39-14-15-6-8-17(9-7-15)32(36)37)10-21-25(34)31(26(35)30-21)13-24(33)29-20-5-3-2-4-19(20)28/h2-12H,13-14H2,1H3,(H,29,33)(H,30,35)/b21-10+. The second-order valence-electron chi connectivity index (χ2n) is 8.14. The number of hydrogen-bond acceptors (Lipinski definition) is 7. The third-order valence-electron chi connectivity index (χ3n) is 5.54. The molecule has 1 saturated heterocycles. The minimum absolute atomic E-state index is 0.0331. The predicted molar refractivity (Wildman–Crippen MR) is 141 cm³/mol. The molecule has 0 radical (unpaired) electrons. The van der Waals surface area contributed by atoms with Crippen molar-refractivity contribution in [2.24, 2.45) is 0 Å². The lowest BCUT2D eigenvalue weighted by Gasteiger charge is -2.13. The number of carbonyl (C=O) groups excluding carboxylic acids is 3. The number of anilines is 1. The van der Waals surface area contributed by atoms with Crippen LogP contribution in [0.2, 0.25) is 0 Å². The monoisotopic (exact) mass is 598 g/mol. The summed E-state index contributed by atoms with van der Waals surface area (Å²) in [5, 5.41) is 15.6. The number of hydrogen-bond donors (Lipinski definition) is 2. The van der Waals surface area contributed by atoms with Gasteiger partial charge in [0.2, 0.25) is 5.91 Å². The van der Waals surface area contributed by atoms with Crippen LogP contribution < -0.4 is 20.1 Å². The van der Waals surface area contributed by atoms with Gasteiger partial charge in [-0.2, -0.15) is 0 Å². The fraction of sp³-hybridized carbons (Fsp3) is 0.115. The van der Waals surface area contributed by atoms with Gasteiger partial charge in [-0.05, 0) is 53.6 Å². The lowest BCUT2D eigenvalue weighted by atomic mass is 10.1. The van der Waals surface area contributed by atoms with E-state index in [1.54, 1.807) is 24.3 Å². The number of halogens is 2. The van der Waals surface area contributed by atoms with Crippen molar-refractivity contribution in [2.75, 3.05) is 19.0 Å². The number of nitro groups is 1. The molecule has 13 heteroatoms. The second-order valence-corrected chi connectivity index (χ2v) is 9.00. The Morgan fingerprint density at radius 3 is 2.54 bits per heavy atom. The molecule has 0 aliphatic carbocycles. The van der Waals surface area contributed by atoms with Gasteiger partial charge in [0.1, 0.15) is 24.7 Å². The van der Waals surface area contributed by atoms with Crippen molar-refractivity contribution in [1.29, 1.82) is 0 Å². The maximum Gasteiger partial charge on any atom is 0.329 e. The van der Waals surface area contributed by atoms with Crippen molar-refractivity contribution < 1.29 is 33.2 Å². The molecular weight excluding hydrogens is 579 g/mol. The number of methoxy groups -OCH3 is 1. The van der Waals surface area contributed by atoms with Crippen molar-refractivity contribution in [1.82, 2.24) is 10.2 Å². The SMILES string of the molecule is COc1cc(/C=C2/NC(=O)N(CC(=O)Nc3ccccc3F)C2=O)c(Br)cc1OCc1ccc([N+](=O)[O-])cc1. The zero-order chi connectivity index (χ0) is 28.1. The zero-order valence-corrected chi connectivity index (χ0v) is 21.9. The van der Waals surface area contributed by atoms with Gasteiger partial charge in [-0.25, -0.2) is 14.1 Å². The summed E-state index contributed by atoms with van der Waals surface area (Å²) in [4.78, 5) is 48.6. The topological polar surface area (TPSA) is 140 Å². The Balaban J connectivity index is 1.46. The average molecular weight is 599 g/mol. The molecule has 4 rings (SSSR count). The number of para-hydroxylation sites is 1. The Morgan fingerprint density at radius 1 is 1.15 bits per heavy atom. The van der Waals surface area contributed by atoms with E-state index in [1.165, 1.54) is 49.6 Å². The van der Waals surface area contributed by atoms with E-state index in [1.807, 2.05) is 0 Å². The summed E-state index contributed by atoms with van der Waals surface area (Å²) in [6, 6.07) is 13.8. The van der Waals surface area contributed by atoms with Gasteiger partial charge in [-0.1, -0.05) is 28.1 Å². The highest BCUT2D eigenvalue weighted by Crippen LogP contribution is 2.35. The summed E-state index contributed by atoms with van der Waals surface area (Å²) in [5.74, 6) is -1.46. The van der Waals surface area contributed by atoms with E-state index in [9.17, 15) is 28.9 Å². The number of nitrogens with zero attached hydrogens (tertiary/aromatic N) is 2. The maximum absolute atomic E-state index is 13.8. The molecule has 0 spiro atoms. The van der Waals surface area contributed by atoms with Gasteiger partial charge in [-0.3, -0.25) is 19.7 Å². The normalized spacial score (nSPS) is 13.8. The molecule has 4 amide bonds. The summed E-state index contributed by atoms with van der Waals surface area (Å²) in [6.45, 7) is -0.504. The van der Waals surface area contributed by atoms with Crippen LogP contribution in [-0.4, -0.2) is 41.3 Å². The number of urea groups is 1. The van der Waals surface area contributed by atoms with Crippen LogP contribution in [0.1, 0.15) is 11.1 Å². The Bertz CT molecular complexity index is 1490. The van der Waals surface area contributed by atoms with Gasteiger partial charge in [-0.15, -0.1) is 0 Å². The predicted octanol–water partition coefficient (Wildman–Crippen LogP) is 4.62. The van der Waals surface area contributed by atoms with Gasteiger partial charge >= 0.3 is 6.03 Å². The number of benzene rings is 3. The van der Waals surface area contributed by atoms with Crippen LogP contribution in [0.4, 0.5) is 20.6 Å². The number of nitrogens with one attached hydrogen (secondary N) is 2. The van der Waals surface area contributed by atoms with Crippen LogP contribution in [-0.2, 0) is 16.2 Å². The Morgan fingerprint density at radius 2 is 1.87 bits per heavy atom. The molecule has 3 aromatic rings. The number of non-ortho nitro benzene ring substituents is 1. The molecule has 1 fully saturated rings. The van der Waals surface area contributed by atoms with E-state index in [0.717, 1.165) is 0 Å². The highest BCUT2D eigenvalue weighted by atomic mass is 79.9. The molecule has 0 atom stereocenters. The van der Waals surface area contributed by atoms with E-state index < -0.39 is 35.1 Å². The van der Waals surface area contributed by atoms with E-state index in [2.05, 4.69) is 26.6 Å². The molecule has 0 saturated carbocycles. The van der Waals surface area contributed by atoms with Crippen LogP contribution in [0, 0.1) is 15.9 Å². The second kappa shape index (κ2) is 11.7. The van der Waals surface area contributed by atoms with Gasteiger partial charge in [0.25, 0.3) is 11.6 Å². The van der Waals surface area contributed by atoms with Gasteiger partial charge in [0.05, 0.1) is 17.7 Å². The maximum atomic E-state index is 13.8. The van der Waals surface area contributed by atoms with Crippen LogP contribution in [0.15, 0.2) is 70.8 Å². The number of imide groups is 1. The minimum Gasteiger partial charge on any atom is -0.493 e. The number of rotatable bonds is 9. The van der Waals surface area contributed by atoms with Crippen LogP contribution in [0.25, 0.3) is 6.08 Å². The first-order chi connectivity index (χ1) is 18.7. The van der Waals surface area contributed by atoms with Crippen molar-refractivity contribution in [2.45, 2.75) is 6.61 Å². The number of ether oxygens (including phenoxy) is 2. The largest absolute Gasteiger partial charge is 0.493 e. The first kappa shape index (κ1) is 27.3. The lowest BCUT2D eigenvalue weighted by molar-refractivity contribution is -0.384. The summed E-state index contributed by atoms with van der Waals surface area (Å²) in [5.41, 5.74) is 0.978. The molecule has 3 aromatic carbocycles. The molecule has 200 valence electrons. The lowest BCUT2D eigenvalue weighted by Crippen LogP contribution is -2.38. The Labute approximate surface area is 229 Å². The average Bonchev–Trinajstić information content (AvgIpc) is 3.17. The molecule has 39 heavy (non-hydrogen) atoms. The first-order valence-corrected chi connectivity index (χ1v) is 12.1. The van der Waals surface area contributed by atoms with E-state index in [0.29, 0.717) is 32.0 Å². The number of amides is 4. The molecule has 1 heterocycles.